The molecule has 0 bridgehead atoms. The molecule has 32 heavy (non-hydrogen) atoms. The first kappa shape index (κ1) is 22.3. The quantitative estimate of drug-likeness (QED) is 0.500. The van der Waals surface area contributed by atoms with E-state index in [4.69, 9.17) is 0 Å². The highest BCUT2D eigenvalue weighted by Gasteiger charge is 2.38. The molecule has 6 heteroatoms. The summed E-state index contributed by atoms with van der Waals surface area (Å²) in [5.41, 5.74) is 2.84. The van der Waals surface area contributed by atoms with E-state index in [0.29, 0.717) is 25.9 Å². The number of carbonyl (C=O) groups excluding carboxylic acids is 2. The fourth-order valence-corrected chi connectivity index (χ4v) is 4.94. The summed E-state index contributed by atoms with van der Waals surface area (Å²) in [6, 6.07) is 11.1. The van der Waals surface area contributed by atoms with E-state index in [1.807, 2.05) is 24.1 Å². The van der Waals surface area contributed by atoms with Gasteiger partial charge in [0.2, 0.25) is 0 Å². The van der Waals surface area contributed by atoms with Gasteiger partial charge >= 0.3 is 0 Å². The second-order valence-electron chi connectivity index (χ2n) is 9.24. The number of likely N-dealkylation sites (tertiary alicyclic amines) is 1. The summed E-state index contributed by atoms with van der Waals surface area (Å²) >= 11 is 0. The summed E-state index contributed by atoms with van der Waals surface area (Å²) in [5, 5.41) is 0. The van der Waals surface area contributed by atoms with Gasteiger partial charge in [-0.1, -0.05) is 32.0 Å². The number of rotatable bonds is 5. The average molecular weight is 439 g/mol. The zero-order chi connectivity index (χ0) is 23.0. The van der Waals surface area contributed by atoms with Crippen molar-refractivity contribution in [1.29, 1.82) is 0 Å². The normalized spacial score (nSPS) is 19.9. The number of hydrogen-bond acceptors (Lipinski definition) is 4. The van der Waals surface area contributed by atoms with Gasteiger partial charge in [-0.2, -0.15) is 0 Å². The Hall–Kier alpha value is -2.86. The van der Waals surface area contributed by atoms with Crippen LogP contribution in [0.15, 0.2) is 54.2 Å². The molecule has 2 heterocycles. The average Bonchev–Trinajstić information content (AvgIpc) is 2.96. The van der Waals surface area contributed by atoms with E-state index < -0.39 is 11.6 Å². The van der Waals surface area contributed by atoms with E-state index in [-0.39, 0.29) is 35.0 Å². The van der Waals surface area contributed by atoms with Crippen molar-refractivity contribution in [3.8, 4) is 0 Å². The Kier molecular flexibility index (Phi) is 5.99. The third-order valence-corrected chi connectivity index (χ3v) is 6.77. The Bertz CT molecular complexity index is 1080. The Labute approximate surface area is 187 Å². The van der Waals surface area contributed by atoms with Gasteiger partial charge in [0.15, 0.2) is 11.6 Å². The molecule has 0 amide bonds. The van der Waals surface area contributed by atoms with Gasteiger partial charge in [-0.25, -0.2) is 8.78 Å². The molecule has 0 saturated carbocycles. The van der Waals surface area contributed by atoms with Gasteiger partial charge in [-0.05, 0) is 55.8 Å². The topological polar surface area (TPSA) is 40.6 Å². The lowest BCUT2D eigenvalue weighted by Crippen LogP contribution is -2.39. The van der Waals surface area contributed by atoms with Crippen molar-refractivity contribution in [3.63, 3.8) is 0 Å². The summed E-state index contributed by atoms with van der Waals surface area (Å²) in [6.07, 6.45) is 2.78. The minimum Gasteiger partial charge on any atom is -0.347 e. The zero-order valence-electron chi connectivity index (χ0n) is 18.7. The summed E-state index contributed by atoms with van der Waals surface area (Å²) in [7, 11) is 1.98. The molecule has 0 spiro atoms. The fraction of sp³-hybridized carbons (Fsp3) is 0.385. The third-order valence-electron chi connectivity index (χ3n) is 6.77. The number of ketones is 2. The number of hydrogen-bond donors (Lipinski definition) is 0. The van der Waals surface area contributed by atoms with Gasteiger partial charge < -0.3 is 4.90 Å². The van der Waals surface area contributed by atoms with E-state index in [1.165, 1.54) is 5.56 Å². The van der Waals surface area contributed by atoms with Crippen LogP contribution in [-0.4, -0.2) is 43.1 Å². The molecule has 0 radical (unpaired) electrons. The van der Waals surface area contributed by atoms with Crippen LogP contribution in [0.4, 0.5) is 14.5 Å². The Morgan fingerprint density at radius 2 is 1.78 bits per heavy atom. The second-order valence-corrected chi connectivity index (χ2v) is 9.24. The monoisotopic (exact) mass is 438 g/mol. The summed E-state index contributed by atoms with van der Waals surface area (Å²) in [6.45, 7) is 5.66. The van der Waals surface area contributed by atoms with Crippen molar-refractivity contribution in [2.24, 2.45) is 5.92 Å². The van der Waals surface area contributed by atoms with Crippen LogP contribution in [0.3, 0.4) is 0 Å². The third kappa shape index (κ3) is 4.11. The molecule has 2 aromatic rings. The highest BCUT2D eigenvalue weighted by atomic mass is 19.1. The SMILES string of the molecule is CN1/C(=C\C(=O)CN2CCC(C(=O)c3cc(F)ccc3F)CC2)C(C)(C)c2ccccc21. The second kappa shape index (κ2) is 8.58. The number of fused-ring (bicyclic) bond motifs is 1. The minimum absolute atomic E-state index is 0.0219. The number of carbonyl (C=O) groups is 2. The van der Waals surface area contributed by atoms with Crippen LogP contribution in [0.5, 0.6) is 0 Å². The highest BCUT2D eigenvalue weighted by Crippen LogP contribution is 2.46. The maximum Gasteiger partial charge on any atom is 0.171 e. The van der Waals surface area contributed by atoms with Crippen LogP contribution in [0.2, 0.25) is 0 Å². The summed E-state index contributed by atoms with van der Waals surface area (Å²) in [5.74, 6) is -2.00. The van der Waals surface area contributed by atoms with Crippen molar-refractivity contribution in [1.82, 2.24) is 4.90 Å². The van der Waals surface area contributed by atoms with Gasteiger partial charge in [0.1, 0.15) is 11.6 Å². The first-order chi connectivity index (χ1) is 15.2. The lowest BCUT2D eigenvalue weighted by Gasteiger charge is -2.31. The van der Waals surface area contributed by atoms with Crippen LogP contribution >= 0.6 is 0 Å². The van der Waals surface area contributed by atoms with E-state index in [1.54, 1.807) is 6.08 Å². The molecule has 2 aliphatic heterocycles. The Morgan fingerprint density at radius 1 is 1.09 bits per heavy atom. The highest BCUT2D eigenvalue weighted by molar-refractivity contribution is 5.98. The summed E-state index contributed by atoms with van der Waals surface area (Å²) in [4.78, 5) is 29.6. The summed E-state index contributed by atoms with van der Waals surface area (Å²) < 4.78 is 27.4. The molecule has 1 saturated heterocycles. The lowest BCUT2D eigenvalue weighted by atomic mass is 9.83. The smallest absolute Gasteiger partial charge is 0.171 e. The largest absolute Gasteiger partial charge is 0.347 e. The number of para-hydroxylation sites is 1. The van der Waals surface area contributed by atoms with Crippen LogP contribution in [0.1, 0.15) is 42.6 Å². The van der Waals surface area contributed by atoms with Crippen molar-refractivity contribution in [2.45, 2.75) is 32.1 Å². The van der Waals surface area contributed by atoms with Crippen LogP contribution < -0.4 is 4.90 Å². The number of likely N-dealkylation sites (N-methyl/N-ethyl adjacent to an activating group) is 1. The van der Waals surface area contributed by atoms with Gasteiger partial charge in [0, 0.05) is 35.8 Å². The van der Waals surface area contributed by atoms with Crippen molar-refractivity contribution >= 4 is 17.3 Å². The number of piperidine rings is 1. The van der Waals surface area contributed by atoms with Gasteiger partial charge in [-0.15, -0.1) is 0 Å². The number of Topliss-reactive ketones (excluding diaryl/α,β-unsaturated/α-hetero) is 1. The molecule has 4 rings (SSSR count). The van der Waals surface area contributed by atoms with Crippen LogP contribution in [0.25, 0.3) is 0 Å². The van der Waals surface area contributed by atoms with E-state index in [9.17, 15) is 18.4 Å². The molecule has 0 aromatic heterocycles. The number of halogens is 2. The first-order valence-electron chi connectivity index (χ1n) is 11.0. The molecule has 0 unspecified atom stereocenters. The standard InChI is InChI=1S/C26H28F2N2O2/c1-26(2)21-6-4-5-7-23(21)29(3)24(26)15-19(31)16-30-12-10-17(11-13-30)25(32)20-14-18(27)8-9-22(20)28/h4-9,14-15,17H,10-13,16H2,1-3H3/b24-15-. The van der Waals surface area contributed by atoms with Crippen molar-refractivity contribution in [2.75, 3.05) is 31.6 Å². The zero-order valence-corrected chi connectivity index (χ0v) is 18.7. The first-order valence-corrected chi connectivity index (χ1v) is 11.0. The van der Waals surface area contributed by atoms with E-state index in [0.717, 1.165) is 29.6 Å². The Morgan fingerprint density at radius 3 is 2.47 bits per heavy atom. The molecule has 168 valence electrons. The fourth-order valence-electron chi connectivity index (χ4n) is 4.94. The number of allylic oxidation sites excluding steroid dienone is 1. The predicted molar refractivity (Wildman–Crippen MR) is 121 cm³/mol. The number of anilines is 1. The maximum atomic E-state index is 14.0. The van der Waals surface area contributed by atoms with Crippen LogP contribution in [-0.2, 0) is 10.2 Å². The van der Waals surface area contributed by atoms with Crippen LogP contribution in [0, 0.1) is 17.6 Å². The molecule has 2 aliphatic rings. The lowest BCUT2D eigenvalue weighted by molar-refractivity contribution is -0.116. The molecule has 1 fully saturated rings. The number of nitrogens with zero attached hydrogens (tertiary/aromatic N) is 2. The van der Waals surface area contributed by atoms with Crippen molar-refractivity contribution in [3.05, 3.63) is 77.0 Å². The predicted octanol–water partition coefficient (Wildman–Crippen LogP) is 4.74. The van der Waals surface area contributed by atoms with Crippen molar-refractivity contribution < 1.29 is 18.4 Å². The van der Waals surface area contributed by atoms with E-state index >= 15 is 0 Å². The number of benzene rings is 2. The van der Waals surface area contributed by atoms with E-state index in [2.05, 4.69) is 30.9 Å². The molecule has 0 aliphatic carbocycles. The molecular formula is C26H28F2N2O2. The molecule has 4 nitrogen and oxygen atoms in total. The van der Waals surface area contributed by atoms with Gasteiger partial charge in [-0.3, -0.25) is 14.5 Å². The molecule has 0 N–H and O–H groups in total. The maximum absolute atomic E-state index is 14.0. The minimum atomic E-state index is -0.690. The van der Waals surface area contributed by atoms with Gasteiger partial charge in [0.25, 0.3) is 0 Å². The van der Waals surface area contributed by atoms with Gasteiger partial charge in [0.05, 0.1) is 12.1 Å². The molecule has 2 aromatic carbocycles. The Balaban J connectivity index is 1.38. The molecule has 0 atom stereocenters. The molecular weight excluding hydrogens is 410 g/mol.